The molecular formula is C8H18ClNO. The van der Waals surface area contributed by atoms with E-state index in [1.165, 1.54) is 0 Å². The zero-order valence-electron chi connectivity index (χ0n) is 7.68. The van der Waals surface area contributed by atoms with E-state index in [2.05, 4.69) is 6.58 Å². The Morgan fingerprint density at radius 3 is 2.00 bits per heavy atom. The van der Waals surface area contributed by atoms with E-state index in [9.17, 15) is 0 Å². The van der Waals surface area contributed by atoms with Crippen molar-refractivity contribution in [1.82, 2.24) is 0 Å². The van der Waals surface area contributed by atoms with Crippen LogP contribution in [0.1, 0.15) is 27.7 Å². The fraction of sp³-hybridized carbons (Fsp3) is 0.750. The molecule has 0 aromatic rings. The molecule has 0 aromatic carbocycles. The monoisotopic (exact) mass is 179 g/mol. The Kier molecular flexibility index (Phi) is 5.85. The lowest BCUT2D eigenvalue weighted by Gasteiger charge is -2.27. The summed E-state index contributed by atoms with van der Waals surface area (Å²) in [6.45, 7) is 11.5. The lowest BCUT2D eigenvalue weighted by atomic mass is 10.0. The normalized spacial score (nSPS) is 13.5. The second-order valence-electron chi connectivity index (χ2n) is 3.11. The molecule has 0 aliphatic carbocycles. The van der Waals surface area contributed by atoms with E-state index in [0.29, 0.717) is 0 Å². The first kappa shape index (κ1) is 13.5. The van der Waals surface area contributed by atoms with Gasteiger partial charge >= 0.3 is 0 Å². The summed E-state index contributed by atoms with van der Waals surface area (Å²) < 4.78 is 5.38. The highest BCUT2D eigenvalue weighted by atomic mass is 35.5. The van der Waals surface area contributed by atoms with E-state index >= 15 is 0 Å². The Morgan fingerprint density at radius 1 is 1.55 bits per heavy atom. The molecule has 0 bridgehead atoms. The maximum absolute atomic E-state index is 5.45. The zero-order chi connectivity index (χ0) is 8.36. The van der Waals surface area contributed by atoms with Crippen LogP contribution in [-0.2, 0) is 4.74 Å². The van der Waals surface area contributed by atoms with Crippen LogP contribution in [0.5, 0.6) is 0 Å². The Balaban J connectivity index is 0. The van der Waals surface area contributed by atoms with Gasteiger partial charge in [0.1, 0.15) is 6.23 Å². The SMILES string of the molecule is C=C(C)C(C)(C)OC(C)N.Cl. The first-order chi connectivity index (χ1) is 4.36. The third-order valence-corrected chi connectivity index (χ3v) is 1.51. The molecule has 0 amide bonds. The summed E-state index contributed by atoms with van der Waals surface area (Å²) >= 11 is 0. The number of nitrogens with two attached hydrogens (primary N) is 1. The van der Waals surface area contributed by atoms with Gasteiger partial charge < -0.3 is 10.5 Å². The van der Waals surface area contributed by atoms with Crippen LogP contribution in [0.25, 0.3) is 0 Å². The van der Waals surface area contributed by atoms with E-state index in [-0.39, 0.29) is 24.2 Å². The van der Waals surface area contributed by atoms with Gasteiger partial charge in [0.15, 0.2) is 0 Å². The molecule has 0 saturated heterocycles. The molecule has 0 saturated carbocycles. The Hall–Kier alpha value is -0.0500. The second-order valence-corrected chi connectivity index (χ2v) is 3.11. The van der Waals surface area contributed by atoms with Gasteiger partial charge in [-0.25, -0.2) is 0 Å². The third kappa shape index (κ3) is 5.24. The topological polar surface area (TPSA) is 35.2 Å². The molecule has 0 spiro atoms. The average Bonchev–Trinajstić information content (AvgIpc) is 1.60. The van der Waals surface area contributed by atoms with Gasteiger partial charge in [0.2, 0.25) is 0 Å². The molecule has 0 heterocycles. The van der Waals surface area contributed by atoms with Gasteiger partial charge in [0.05, 0.1) is 5.60 Å². The molecule has 0 aromatic heterocycles. The van der Waals surface area contributed by atoms with E-state index < -0.39 is 0 Å². The molecule has 0 aliphatic heterocycles. The van der Waals surface area contributed by atoms with Crippen LogP contribution in [0.15, 0.2) is 12.2 Å². The highest BCUT2D eigenvalue weighted by molar-refractivity contribution is 5.85. The van der Waals surface area contributed by atoms with E-state index in [4.69, 9.17) is 10.5 Å². The van der Waals surface area contributed by atoms with Crippen molar-refractivity contribution in [2.75, 3.05) is 0 Å². The summed E-state index contributed by atoms with van der Waals surface area (Å²) in [7, 11) is 0. The van der Waals surface area contributed by atoms with E-state index in [1.807, 2.05) is 27.7 Å². The summed E-state index contributed by atoms with van der Waals surface area (Å²) in [5.41, 5.74) is 6.15. The average molecular weight is 180 g/mol. The summed E-state index contributed by atoms with van der Waals surface area (Å²) in [5.74, 6) is 0. The van der Waals surface area contributed by atoms with Gasteiger partial charge in [-0.3, -0.25) is 0 Å². The van der Waals surface area contributed by atoms with Crippen LogP contribution in [0.3, 0.4) is 0 Å². The van der Waals surface area contributed by atoms with Crippen molar-refractivity contribution < 1.29 is 4.74 Å². The minimum absolute atomic E-state index is 0. The van der Waals surface area contributed by atoms with Gasteiger partial charge in [-0.05, 0) is 33.3 Å². The fourth-order valence-corrected chi connectivity index (χ4v) is 0.565. The zero-order valence-corrected chi connectivity index (χ0v) is 8.49. The molecule has 11 heavy (non-hydrogen) atoms. The van der Waals surface area contributed by atoms with Crippen LogP contribution in [-0.4, -0.2) is 11.8 Å². The maximum atomic E-state index is 5.45. The third-order valence-electron chi connectivity index (χ3n) is 1.51. The van der Waals surface area contributed by atoms with Crippen molar-refractivity contribution in [3.05, 3.63) is 12.2 Å². The van der Waals surface area contributed by atoms with Crippen LogP contribution in [0, 0.1) is 0 Å². The van der Waals surface area contributed by atoms with Gasteiger partial charge in [-0.1, -0.05) is 6.58 Å². The Bertz CT molecular complexity index is 132. The first-order valence-electron chi connectivity index (χ1n) is 3.45. The highest BCUT2D eigenvalue weighted by Crippen LogP contribution is 2.18. The predicted molar refractivity (Wildman–Crippen MR) is 50.9 cm³/mol. The summed E-state index contributed by atoms with van der Waals surface area (Å²) in [4.78, 5) is 0. The number of rotatable bonds is 3. The lowest BCUT2D eigenvalue weighted by molar-refractivity contribution is -0.0358. The Labute approximate surface area is 75.2 Å². The first-order valence-corrected chi connectivity index (χ1v) is 3.45. The molecule has 2 N–H and O–H groups in total. The minimum Gasteiger partial charge on any atom is -0.354 e. The summed E-state index contributed by atoms with van der Waals surface area (Å²) in [6.07, 6.45) is -0.230. The largest absolute Gasteiger partial charge is 0.354 e. The number of hydrogen-bond donors (Lipinski definition) is 1. The molecule has 1 atom stereocenters. The molecule has 0 aliphatic rings. The van der Waals surface area contributed by atoms with Gasteiger partial charge in [-0.2, -0.15) is 0 Å². The minimum atomic E-state index is -0.297. The molecule has 68 valence electrons. The van der Waals surface area contributed by atoms with Gasteiger partial charge in [-0.15, -0.1) is 12.4 Å². The van der Waals surface area contributed by atoms with Crippen LogP contribution in [0.4, 0.5) is 0 Å². The number of halogens is 1. The van der Waals surface area contributed by atoms with Crippen molar-refractivity contribution in [3.8, 4) is 0 Å². The van der Waals surface area contributed by atoms with Gasteiger partial charge in [0.25, 0.3) is 0 Å². The number of ether oxygens (including phenoxy) is 1. The van der Waals surface area contributed by atoms with Crippen molar-refractivity contribution in [2.45, 2.75) is 39.5 Å². The molecule has 0 radical (unpaired) electrons. The fourth-order valence-electron chi connectivity index (χ4n) is 0.565. The smallest absolute Gasteiger partial charge is 0.103 e. The van der Waals surface area contributed by atoms with E-state index in [0.717, 1.165) is 5.57 Å². The molecule has 2 nitrogen and oxygen atoms in total. The van der Waals surface area contributed by atoms with Crippen molar-refractivity contribution in [2.24, 2.45) is 5.73 Å². The standard InChI is InChI=1S/C8H17NO.ClH/c1-6(2)8(4,5)10-7(3)9;/h7H,1,9H2,2-5H3;1H. The molecule has 0 rings (SSSR count). The Morgan fingerprint density at radius 2 is 1.91 bits per heavy atom. The molecule has 3 heteroatoms. The second kappa shape index (κ2) is 4.75. The van der Waals surface area contributed by atoms with Crippen molar-refractivity contribution >= 4 is 12.4 Å². The highest BCUT2D eigenvalue weighted by Gasteiger charge is 2.20. The van der Waals surface area contributed by atoms with Crippen LogP contribution in [0.2, 0.25) is 0 Å². The molecule has 1 unspecified atom stereocenters. The van der Waals surface area contributed by atoms with Crippen LogP contribution >= 0.6 is 12.4 Å². The summed E-state index contributed by atoms with van der Waals surface area (Å²) in [5, 5.41) is 0. The lowest BCUT2D eigenvalue weighted by Crippen LogP contribution is -2.34. The quantitative estimate of drug-likeness (QED) is 0.532. The maximum Gasteiger partial charge on any atom is 0.103 e. The van der Waals surface area contributed by atoms with Crippen molar-refractivity contribution in [1.29, 1.82) is 0 Å². The van der Waals surface area contributed by atoms with Crippen LogP contribution < -0.4 is 5.73 Å². The van der Waals surface area contributed by atoms with Crippen molar-refractivity contribution in [3.63, 3.8) is 0 Å². The molecule has 0 fully saturated rings. The molecular weight excluding hydrogens is 162 g/mol. The predicted octanol–water partition coefficient (Wildman–Crippen LogP) is 2.08. The summed E-state index contributed by atoms with van der Waals surface area (Å²) in [6, 6.07) is 0. The van der Waals surface area contributed by atoms with Gasteiger partial charge in [0, 0.05) is 0 Å². The number of hydrogen-bond acceptors (Lipinski definition) is 2. The van der Waals surface area contributed by atoms with E-state index in [1.54, 1.807) is 0 Å².